The van der Waals surface area contributed by atoms with E-state index >= 15 is 0 Å². The number of hydrogen-bond acceptors (Lipinski definition) is 7. The third-order valence-electron chi connectivity index (χ3n) is 4.99. The normalized spacial score (nSPS) is 21.7. The summed E-state index contributed by atoms with van der Waals surface area (Å²) in [4.78, 5) is 16.3. The van der Waals surface area contributed by atoms with E-state index in [0.717, 1.165) is 5.39 Å². The van der Waals surface area contributed by atoms with E-state index in [-0.39, 0.29) is 12.6 Å². The van der Waals surface area contributed by atoms with Crippen LogP contribution >= 0.6 is 0 Å². The van der Waals surface area contributed by atoms with Gasteiger partial charge in [0.2, 0.25) is 5.88 Å². The Morgan fingerprint density at radius 2 is 2.00 bits per heavy atom. The second-order valence-electron chi connectivity index (χ2n) is 8.50. The van der Waals surface area contributed by atoms with Gasteiger partial charge in [-0.1, -0.05) is 18.2 Å². The van der Waals surface area contributed by atoms with E-state index in [1.165, 1.54) is 7.11 Å². The first-order chi connectivity index (χ1) is 14.2. The monoisotopic (exact) mass is 418 g/mol. The summed E-state index contributed by atoms with van der Waals surface area (Å²) < 4.78 is 16.2. The Morgan fingerprint density at radius 3 is 2.63 bits per heavy atom. The van der Waals surface area contributed by atoms with Crippen molar-refractivity contribution in [2.24, 2.45) is 0 Å². The summed E-state index contributed by atoms with van der Waals surface area (Å²) in [5, 5.41) is 25.2. The molecule has 30 heavy (non-hydrogen) atoms. The molecule has 3 N–H and O–H groups in total. The number of pyridine rings is 1. The second kappa shape index (κ2) is 9.16. The van der Waals surface area contributed by atoms with Crippen LogP contribution in [-0.2, 0) is 9.47 Å². The van der Waals surface area contributed by atoms with Gasteiger partial charge in [-0.25, -0.2) is 9.78 Å². The van der Waals surface area contributed by atoms with Crippen molar-refractivity contribution in [2.45, 2.75) is 63.6 Å². The number of hydrogen-bond donors (Lipinski definition) is 3. The minimum Gasteiger partial charge on any atom is -0.481 e. The number of nitrogens with one attached hydrogen (secondary N) is 1. The number of rotatable bonds is 5. The summed E-state index contributed by atoms with van der Waals surface area (Å²) in [6.07, 6.45) is -2.27. The summed E-state index contributed by atoms with van der Waals surface area (Å²) in [5.74, 6) is 0.432. The van der Waals surface area contributed by atoms with E-state index in [9.17, 15) is 15.0 Å². The molecule has 8 heteroatoms. The van der Waals surface area contributed by atoms with Crippen molar-refractivity contribution in [3.05, 3.63) is 35.9 Å². The van der Waals surface area contributed by atoms with Gasteiger partial charge in [0.1, 0.15) is 17.8 Å². The third-order valence-corrected chi connectivity index (χ3v) is 4.99. The van der Waals surface area contributed by atoms with Gasteiger partial charge in [0, 0.05) is 17.0 Å². The number of amides is 1. The van der Waals surface area contributed by atoms with Crippen molar-refractivity contribution in [2.75, 3.05) is 13.7 Å². The summed E-state index contributed by atoms with van der Waals surface area (Å²) in [6, 6.07) is 8.82. The molecule has 3 rings (SSSR count). The molecule has 0 spiro atoms. The Bertz CT molecular complexity index is 874. The van der Waals surface area contributed by atoms with Crippen LogP contribution < -0.4 is 10.1 Å². The highest BCUT2D eigenvalue weighted by molar-refractivity contribution is 5.82. The predicted molar refractivity (Wildman–Crippen MR) is 111 cm³/mol. The lowest BCUT2D eigenvalue weighted by Gasteiger charge is -2.34. The second-order valence-corrected chi connectivity index (χ2v) is 8.50. The van der Waals surface area contributed by atoms with Crippen molar-refractivity contribution in [1.82, 2.24) is 10.3 Å². The Morgan fingerprint density at radius 1 is 1.23 bits per heavy atom. The number of alkyl carbamates (subject to hydrolysis) is 1. The van der Waals surface area contributed by atoms with Crippen LogP contribution in [-0.4, -0.2) is 58.9 Å². The zero-order valence-electron chi connectivity index (χ0n) is 17.8. The maximum atomic E-state index is 11.9. The van der Waals surface area contributed by atoms with Crippen LogP contribution in [0, 0.1) is 0 Å². The fraction of sp³-hybridized carbons (Fsp3) is 0.545. The van der Waals surface area contributed by atoms with Crippen LogP contribution in [0.1, 0.15) is 45.3 Å². The van der Waals surface area contributed by atoms with Gasteiger partial charge in [0.25, 0.3) is 0 Å². The number of methoxy groups -OCH3 is 1. The van der Waals surface area contributed by atoms with Crippen LogP contribution in [0.4, 0.5) is 4.79 Å². The molecule has 1 fully saturated rings. The van der Waals surface area contributed by atoms with Crippen molar-refractivity contribution < 1.29 is 29.2 Å². The van der Waals surface area contributed by atoms with Gasteiger partial charge in [-0.15, -0.1) is 0 Å². The molecule has 1 aliphatic heterocycles. The van der Waals surface area contributed by atoms with Crippen molar-refractivity contribution in [3.8, 4) is 5.88 Å². The lowest BCUT2D eigenvalue weighted by molar-refractivity contribution is -0.113. The van der Waals surface area contributed by atoms with Gasteiger partial charge in [-0.2, -0.15) is 0 Å². The summed E-state index contributed by atoms with van der Waals surface area (Å²) >= 11 is 0. The summed E-state index contributed by atoms with van der Waals surface area (Å²) in [5.41, 5.74) is 0.512. The number of benzene rings is 1. The molecule has 1 aromatic carbocycles. The number of aliphatic hydroxyl groups is 2. The molecule has 0 aliphatic carbocycles. The van der Waals surface area contributed by atoms with E-state index < -0.39 is 30.0 Å². The molecule has 0 saturated carbocycles. The maximum Gasteiger partial charge on any atom is 0.407 e. The Balaban J connectivity index is 1.63. The van der Waals surface area contributed by atoms with E-state index in [4.69, 9.17) is 14.2 Å². The molecule has 0 unspecified atom stereocenters. The molecular formula is C22H30N2O6. The molecule has 2 heterocycles. The van der Waals surface area contributed by atoms with E-state index in [1.54, 1.807) is 32.9 Å². The number of ether oxygens (including phenoxy) is 3. The van der Waals surface area contributed by atoms with E-state index in [1.807, 2.05) is 18.2 Å². The molecular weight excluding hydrogens is 388 g/mol. The Kier molecular flexibility index (Phi) is 6.80. The zero-order valence-corrected chi connectivity index (χ0v) is 17.8. The van der Waals surface area contributed by atoms with Crippen molar-refractivity contribution in [3.63, 3.8) is 0 Å². The lowest BCUT2D eigenvalue weighted by Crippen LogP contribution is -2.47. The molecule has 4 atom stereocenters. The Hall–Kier alpha value is -2.42. The van der Waals surface area contributed by atoms with Gasteiger partial charge >= 0.3 is 6.09 Å². The molecule has 1 amide bonds. The predicted octanol–water partition coefficient (Wildman–Crippen LogP) is 2.71. The molecule has 0 radical (unpaired) electrons. The van der Waals surface area contributed by atoms with Crippen LogP contribution in [0.3, 0.4) is 0 Å². The van der Waals surface area contributed by atoms with Gasteiger partial charge < -0.3 is 29.7 Å². The molecule has 1 aromatic heterocycles. The summed E-state index contributed by atoms with van der Waals surface area (Å²) in [6.45, 7) is 5.63. The molecule has 164 valence electrons. The van der Waals surface area contributed by atoms with Gasteiger partial charge in [0.15, 0.2) is 0 Å². The average Bonchev–Trinajstić information content (AvgIpc) is 2.71. The number of nitrogens with zero attached hydrogens (tertiary/aromatic N) is 1. The number of carbonyl (C=O) groups excluding carboxylic acids is 1. The highest BCUT2D eigenvalue weighted by atomic mass is 16.6. The minimum atomic E-state index is -1.17. The SMILES string of the molecule is COc1ccc2cccc([C@@H](O)[C@H](O)[C@@H]3CC[C@@H](NC(=O)OC(C)(C)C)CO3)c2n1. The maximum absolute atomic E-state index is 11.9. The molecule has 8 nitrogen and oxygen atoms in total. The van der Waals surface area contributed by atoms with E-state index in [0.29, 0.717) is 29.8 Å². The number of aromatic nitrogens is 1. The van der Waals surface area contributed by atoms with Crippen LogP contribution in [0.5, 0.6) is 5.88 Å². The topological polar surface area (TPSA) is 110 Å². The van der Waals surface area contributed by atoms with Gasteiger partial charge in [-0.3, -0.25) is 0 Å². The molecule has 1 saturated heterocycles. The lowest BCUT2D eigenvalue weighted by atomic mass is 9.93. The quantitative estimate of drug-likeness (QED) is 0.685. The zero-order chi connectivity index (χ0) is 21.9. The van der Waals surface area contributed by atoms with Gasteiger partial charge in [0.05, 0.1) is 31.4 Å². The van der Waals surface area contributed by atoms with Crippen LogP contribution in [0.25, 0.3) is 10.9 Å². The summed E-state index contributed by atoms with van der Waals surface area (Å²) in [7, 11) is 1.53. The van der Waals surface area contributed by atoms with Gasteiger partial charge in [-0.05, 0) is 39.7 Å². The Labute approximate surface area is 176 Å². The molecule has 2 aromatic rings. The first-order valence-electron chi connectivity index (χ1n) is 10.1. The fourth-order valence-electron chi connectivity index (χ4n) is 3.52. The third kappa shape index (κ3) is 5.38. The highest BCUT2D eigenvalue weighted by Crippen LogP contribution is 2.30. The number of aliphatic hydroxyl groups excluding tert-OH is 2. The smallest absolute Gasteiger partial charge is 0.407 e. The van der Waals surface area contributed by atoms with Crippen LogP contribution in [0.15, 0.2) is 30.3 Å². The minimum absolute atomic E-state index is 0.205. The first-order valence-corrected chi connectivity index (χ1v) is 10.1. The molecule has 1 aliphatic rings. The number of para-hydroxylation sites is 1. The highest BCUT2D eigenvalue weighted by Gasteiger charge is 2.34. The standard InChI is InChI=1S/C22H30N2O6/c1-22(2,3)30-21(27)23-14-9-10-16(29-12-14)20(26)19(25)15-7-5-6-13-8-11-17(28-4)24-18(13)15/h5-8,11,14,16,19-20,25-26H,9-10,12H2,1-4H3,(H,23,27)/t14-,16+,19-,20-/m1/s1. The van der Waals surface area contributed by atoms with Crippen molar-refractivity contribution >= 4 is 17.0 Å². The first kappa shape index (κ1) is 22.3. The van der Waals surface area contributed by atoms with Crippen molar-refractivity contribution in [1.29, 1.82) is 0 Å². The molecule has 0 bridgehead atoms. The average molecular weight is 418 g/mol. The largest absolute Gasteiger partial charge is 0.481 e. The number of fused-ring (bicyclic) bond motifs is 1. The number of carbonyl (C=O) groups is 1. The fourth-order valence-corrected chi connectivity index (χ4v) is 3.52. The van der Waals surface area contributed by atoms with E-state index in [2.05, 4.69) is 10.3 Å². The van der Waals surface area contributed by atoms with Crippen LogP contribution in [0.2, 0.25) is 0 Å².